The predicted octanol–water partition coefficient (Wildman–Crippen LogP) is 4.17. The molecule has 0 N–H and O–H groups in total. The highest BCUT2D eigenvalue weighted by Crippen LogP contribution is 2.27. The van der Waals surface area contributed by atoms with Crippen molar-refractivity contribution in [3.63, 3.8) is 0 Å². The molecule has 0 atom stereocenters. The van der Waals surface area contributed by atoms with E-state index in [9.17, 15) is 4.79 Å². The topological polar surface area (TPSA) is 78.1 Å². The third-order valence-corrected chi connectivity index (χ3v) is 4.36. The van der Waals surface area contributed by atoms with Gasteiger partial charge in [0.15, 0.2) is 10.8 Å². The second kappa shape index (κ2) is 6.66. The molecular formula is C14H9Cl2N3O3S. The zero-order valence-electron chi connectivity index (χ0n) is 11.7. The maximum absolute atomic E-state index is 12.3. The van der Waals surface area contributed by atoms with Gasteiger partial charge >= 0.3 is 5.97 Å². The molecule has 0 fully saturated rings. The molecule has 118 valence electrons. The lowest BCUT2D eigenvalue weighted by Gasteiger charge is -2.07. The number of hydrogen-bond acceptors (Lipinski definition) is 7. The summed E-state index contributed by atoms with van der Waals surface area (Å²) in [5.41, 5.74) is 1.29. The maximum Gasteiger partial charge on any atom is 0.352 e. The number of carbonyl (C=O) groups is 1. The second-order valence-electron chi connectivity index (χ2n) is 4.48. The van der Waals surface area contributed by atoms with Gasteiger partial charge in [-0.15, -0.1) is 5.10 Å². The first-order chi connectivity index (χ1) is 11.1. The monoisotopic (exact) mass is 369 g/mol. The number of halogens is 2. The van der Waals surface area contributed by atoms with E-state index in [2.05, 4.69) is 14.6 Å². The number of nitrogens with zero attached hydrogens (tertiary/aromatic N) is 3. The van der Waals surface area contributed by atoms with Crippen LogP contribution in [0.1, 0.15) is 21.1 Å². The molecule has 6 nitrogen and oxygen atoms in total. The van der Waals surface area contributed by atoms with Gasteiger partial charge in [-0.3, -0.25) is 0 Å². The summed E-state index contributed by atoms with van der Waals surface area (Å²) in [5, 5.41) is 4.77. The Morgan fingerprint density at radius 3 is 2.74 bits per heavy atom. The van der Waals surface area contributed by atoms with Crippen LogP contribution in [0, 0.1) is 6.92 Å². The molecule has 3 rings (SSSR count). The van der Waals surface area contributed by atoms with Crippen molar-refractivity contribution in [3.8, 4) is 11.4 Å². The summed E-state index contributed by atoms with van der Waals surface area (Å²) in [6.07, 6.45) is 1.41. The van der Waals surface area contributed by atoms with E-state index in [0.717, 1.165) is 11.5 Å². The Hall–Kier alpha value is -1.96. The van der Waals surface area contributed by atoms with Crippen LogP contribution in [-0.4, -0.2) is 20.5 Å². The number of ether oxygens (including phenoxy) is 1. The fourth-order valence-corrected chi connectivity index (χ4v) is 2.91. The Bertz CT molecular complexity index is 842. The minimum Gasteiger partial charge on any atom is -0.456 e. The first-order valence-corrected chi connectivity index (χ1v) is 7.94. The highest BCUT2D eigenvalue weighted by molar-refractivity contribution is 7.08. The van der Waals surface area contributed by atoms with Gasteiger partial charge in [0, 0.05) is 22.5 Å². The molecule has 0 aliphatic rings. The van der Waals surface area contributed by atoms with Gasteiger partial charge < -0.3 is 9.15 Å². The Morgan fingerprint density at radius 1 is 1.35 bits per heavy atom. The van der Waals surface area contributed by atoms with E-state index in [1.807, 2.05) is 0 Å². The number of aryl methyl sites for hydroxylation is 1. The third kappa shape index (κ3) is 3.36. The molecular weight excluding hydrogens is 361 g/mol. The van der Waals surface area contributed by atoms with Crippen LogP contribution >= 0.6 is 34.7 Å². The largest absolute Gasteiger partial charge is 0.456 e. The fourth-order valence-electron chi connectivity index (χ4n) is 1.84. The van der Waals surface area contributed by atoms with Gasteiger partial charge in [0.2, 0.25) is 0 Å². The van der Waals surface area contributed by atoms with Crippen molar-refractivity contribution in [1.29, 1.82) is 0 Å². The van der Waals surface area contributed by atoms with Gasteiger partial charge in [-0.1, -0.05) is 33.8 Å². The maximum atomic E-state index is 12.3. The molecule has 3 aromatic rings. The third-order valence-electron chi connectivity index (χ3n) is 2.94. The van der Waals surface area contributed by atoms with Crippen molar-refractivity contribution in [3.05, 3.63) is 50.8 Å². The first kappa shape index (κ1) is 15.9. The predicted molar refractivity (Wildman–Crippen MR) is 85.7 cm³/mol. The molecule has 0 aliphatic heterocycles. The van der Waals surface area contributed by atoms with E-state index < -0.39 is 5.97 Å². The van der Waals surface area contributed by atoms with Crippen LogP contribution in [-0.2, 0) is 11.3 Å². The van der Waals surface area contributed by atoms with Crippen LogP contribution in [0.25, 0.3) is 11.4 Å². The standard InChI is InChI=1S/C14H9Cl2N3O3S/c1-7-17-11(6-21-7)12-13(23-19-18-12)14(20)22-5-8-9(15)3-2-4-10(8)16/h2-4,6H,5H2,1H3. The Kier molecular flexibility index (Phi) is 4.61. The second-order valence-corrected chi connectivity index (χ2v) is 6.05. The Balaban J connectivity index is 1.79. The molecule has 23 heavy (non-hydrogen) atoms. The van der Waals surface area contributed by atoms with Crippen LogP contribution in [0.15, 0.2) is 28.9 Å². The van der Waals surface area contributed by atoms with Crippen molar-refractivity contribution < 1.29 is 13.9 Å². The van der Waals surface area contributed by atoms with Gasteiger partial charge in [-0.05, 0) is 23.7 Å². The number of hydrogen-bond donors (Lipinski definition) is 0. The van der Waals surface area contributed by atoms with Crippen LogP contribution in [0.3, 0.4) is 0 Å². The molecule has 0 aliphatic carbocycles. The van der Waals surface area contributed by atoms with Gasteiger partial charge in [-0.2, -0.15) is 0 Å². The Labute approximate surface area is 145 Å². The summed E-state index contributed by atoms with van der Waals surface area (Å²) in [6, 6.07) is 5.07. The van der Waals surface area contributed by atoms with Crippen molar-refractivity contribution in [2.45, 2.75) is 13.5 Å². The molecule has 0 amide bonds. The van der Waals surface area contributed by atoms with Gasteiger partial charge in [-0.25, -0.2) is 9.78 Å². The molecule has 1 aromatic carbocycles. The summed E-state index contributed by atoms with van der Waals surface area (Å²) in [6.45, 7) is 1.65. The minimum absolute atomic E-state index is 0.0491. The Morgan fingerprint density at radius 2 is 2.09 bits per heavy atom. The van der Waals surface area contributed by atoms with Gasteiger partial charge in [0.05, 0.1) is 0 Å². The number of aromatic nitrogens is 3. The quantitative estimate of drug-likeness (QED) is 0.642. The number of esters is 1. The smallest absolute Gasteiger partial charge is 0.352 e. The van der Waals surface area contributed by atoms with E-state index in [0.29, 0.717) is 32.9 Å². The number of carbonyl (C=O) groups excluding carboxylic acids is 1. The molecule has 0 saturated heterocycles. The average Bonchev–Trinajstić information content (AvgIpc) is 3.14. The van der Waals surface area contributed by atoms with Crippen molar-refractivity contribution in [2.24, 2.45) is 0 Å². The molecule has 0 radical (unpaired) electrons. The van der Waals surface area contributed by atoms with Gasteiger partial charge in [0.25, 0.3) is 0 Å². The molecule has 9 heteroatoms. The lowest BCUT2D eigenvalue weighted by atomic mass is 10.2. The average molecular weight is 370 g/mol. The molecule has 0 unspecified atom stereocenters. The van der Waals surface area contributed by atoms with Crippen molar-refractivity contribution >= 4 is 40.7 Å². The highest BCUT2D eigenvalue weighted by Gasteiger charge is 2.22. The fraction of sp³-hybridized carbons (Fsp3) is 0.143. The first-order valence-electron chi connectivity index (χ1n) is 6.41. The van der Waals surface area contributed by atoms with E-state index in [1.165, 1.54) is 6.26 Å². The van der Waals surface area contributed by atoms with Crippen LogP contribution in [0.5, 0.6) is 0 Å². The zero-order chi connectivity index (χ0) is 16.4. The molecule has 2 aromatic heterocycles. The number of oxazole rings is 1. The number of benzene rings is 1. The lowest BCUT2D eigenvalue weighted by molar-refractivity contribution is 0.0479. The van der Waals surface area contributed by atoms with E-state index in [-0.39, 0.29) is 11.5 Å². The lowest BCUT2D eigenvalue weighted by Crippen LogP contribution is -2.05. The van der Waals surface area contributed by atoms with Crippen LogP contribution in [0.4, 0.5) is 0 Å². The zero-order valence-corrected chi connectivity index (χ0v) is 14.1. The molecule has 0 bridgehead atoms. The van der Waals surface area contributed by atoms with Crippen molar-refractivity contribution in [1.82, 2.24) is 14.6 Å². The van der Waals surface area contributed by atoms with E-state index >= 15 is 0 Å². The molecule has 2 heterocycles. The van der Waals surface area contributed by atoms with Crippen LogP contribution in [0.2, 0.25) is 10.0 Å². The summed E-state index contributed by atoms with van der Waals surface area (Å²) in [4.78, 5) is 16.6. The van der Waals surface area contributed by atoms with E-state index in [4.69, 9.17) is 32.4 Å². The SMILES string of the molecule is Cc1nc(-c2nnsc2C(=O)OCc2c(Cl)cccc2Cl)co1. The highest BCUT2D eigenvalue weighted by atomic mass is 35.5. The molecule has 0 spiro atoms. The number of rotatable bonds is 4. The van der Waals surface area contributed by atoms with Crippen LogP contribution < -0.4 is 0 Å². The summed E-state index contributed by atoms with van der Waals surface area (Å²) in [7, 11) is 0. The summed E-state index contributed by atoms with van der Waals surface area (Å²) < 4.78 is 14.2. The van der Waals surface area contributed by atoms with E-state index in [1.54, 1.807) is 25.1 Å². The normalized spacial score (nSPS) is 10.7. The van der Waals surface area contributed by atoms with Gasteiger partial charge in [0.1, 0.15) is 24.3 Å². The molecule has 0 saturated carbocycles. The summed E-state index contributed by atoms with van der Waals surface area (Å²) >= 11 is 13.0. The minimum atomic E-state index is -0.577. The van der Waals surface area contributed by atoms with Crippen molar-refractivity contribution in [2.75, 3.05) is 0 Å². The summed E-state index contributed by atoms with van der Waals surface area (Å²) in [5.74, 6) is -0.109.